The molecule has 0 aliphatic heterocycles. The van der Waals surface area contributed by atoms with E-state index in [1.165, 1.54) is 22.0 Å². The average Bonchev–Trinajstić information content (AvgIpc) is 3.26. The zero-order valence-corrected chi connectivity index (χ0v) is 27.0. The molecule has 10 heteroatoms. The lowest BCUT2D eigenvalue weighted by Crippen LogP contribution is -2.46. The van der Waals surface area contributed by atoms with Crippen molar-refractivity contribution in [1.29, 1.82) is 0 Å². The summed E-state index contributed by atoms with van der Waals surface area (Å²) < 4.78 is 7.44. The van der Waals surface area contributed by atoms with Crippen LogP contribution in [0.4, 0.5) is 0 Å². The Labute approximate surface area is 256 Å². The van der Waals surface area contributed by atoms with Gasteiger partial charge in [-0.2, -0.15) is 0 Å². The highest BCUT2D eigenvalue weighted by Crippen LogP contribution is 2.29. The van der Waals surface area contributed by atoms with Crippen LogP contribution < -0.4 is 11.1 Å². The summed E-state index contributed by atoms with van der Waals surface area (Å²) in [7, 11) is 3.82. The number of ether oxygens (including phenoxy) is 1. The van der Waals surface area contributed by atoms with Gasteiger partial charge in [-0.3, -0.25) is 4.79 Å². The number of benzene rings is 1. The number of aromatic nitrogens is 1. The summed E-state index contributed by atoms with van der Waals surface area (Å²) in [5.74, 6) is 0.240. The largest absolute Gasteiger partial charge is 0.391 e. The smallest absolute Gasteiger partial charge is 0.294 e. The molecule has 1 aliphatic rings. The van der Waals surface area contributed by atoms with Gasteiger partial charge < -0.3 is 30.3 Å². The number of rotatable bonds is 17. The van der Waals surface area contributed by atoms with Gasteiger partial charge in [0.2, 0.25) is 5.91 Å². The van der Waals surface area contributed by atoms with Crippen LogP contribution in [0.25, 0.3) is 10.9 Å². The van der Waals surface area contributed by atoms with Gasteiger partial charge in [-0.25, -0.2) is 0 Å². The van der Waals surface area contributed by atoms with Crippen molar-refractivity contribution in [3.05, 3.63) is 45.6 Å². The van der Waals surface area contributed by atoms with E-state index in [2.05, 4.69) is 55.2 Å². The fraction of sp³-hybridized carbons (Fsp3) is 0.727. The summed E-state index contributed by atoms with van der Waals surface area (Å²) in [6.45, 7) is 9.13. The molecule has 3 rings (SSSR count). The number of aliphatic hydroxyl groups excluding tert-OH is 1. The lowest BCUT2D eigenvalue weighted by Gasteiger charge is -2.32. The number of hydrogen-bond donors (Lipinski definition) is 3. The van der Waals surface area contributed by atoms with Crippen molar-refractivity contribution in [2.75, 3.05) is 13.7 Å². The standard InChI is InChI=1S/C33H54N4O6/c1-21(2)25(16-23-9-14-31-29(17-23)24(20-36(31)5)8-7-15-42-6)18-30(34)32(38)19-28(22(3)4)33(39)35-26-10-12-27(13-11-26)43-37(40)41/h9,14,17,20-22,25-28,30,32,38H,7-8,10-13,15-16,18-19,34H2,1-6H3,(H,35,39)/t25-,26?,27?,28-,30-,32-/m0/s1. The van der Waals surface area contributed by atoms with Crippen LogP contribution in [-0.4, -0.2) is 58.7 Å². The lowest BCUT2D eigenvalue weighted by atomic mass is 9.80. The monoisotopic (exact) mass is 602 g/mol. The first-order valence-corrected chi connectivity index (χ1v) is 16.0. The SMILES string of the molecule is COCCCc1cn(C)c2ccc(C[C@@H](C[C@H](N)[C@@H](O)C[C@H](C(=O)NC3CCC(O[N+](=O)[O-])CC3)C(C)C)C(C)C)cc12. The highest BCUT2D eigenvalue weighted by Gasteiger charge is 2.32. The molecule has 1 amide bonds. The van der Waals surface area contributed by atoms with Gasteiger partial charge in [0.1, 0.15) is 6.10 Å². The maximum atomic E-state index is 13.3. The highest BCUT2D eigenvalue weighted by atomic mass is 17.0. The molecule has 0 spiro atoms. The minimum atomic E-state index is -0.799. The van der Waals surface area contributed by atoms with Crippen LogP contribution in [0.15, 0.2) is 24.4 Å². The summed E-state index contributed by atoms with van der Waals surface area (Å²) in [6, 6.07) is 6.23. The average molecular weight is 603 g/mol. The number of fused-ring (bicyclic) bond motifs is 1. The molecule has 43 heavy (non-hydrogen) atoms. The van der Waals surface area contributed by atoms with E-state index in [0.717, 1.165) is 25.9 Å². The Hall–Kier alpha value is -2.69. The Morgan fingerprint density at radius 2 is 1.86 bits per heavy atom. The zero-order chi connectivity index (χ0) is 31.7. The maximum Gasteiger partial charge on any atom is 0.294 e. The molecule has 4 atom stereocenters. The van der Waals surface area contributed by atoms with Gasteiger partial charge >= 0.3 is 0 Å². The van der Waals surface area contributed by atoms with E-state index in [4.69, 9.17) is 15.3 Å². The molecule has 4 N–H and O–H groups in total. The molecule has 1 aromatic carbocycles. The summed E-state index contributed by atoms with van der Waals surface area (Å²) in [6.07, 6.45) is 7.15. The third kappa shape index (κ3) is 10.2. The summed E-state index contributed by atoms with van der Waals surface area (Å²) in [5, 5.41) is 25.5. The minimum absolute atomic E-state index is 0.0348. The third-order valence-corrected chi connectivity index (χ3v) is 9.33. The number of nitrogens with two attached hydrogens (primary N) is 1. The Bertz CT molecular complexity index is 1170. The number of amides is 1. The Morgan fingerprint density at radius 1 is 1.16 bits per heavy atom. The van der Waals surface area contributed by atoms with E-state index in [0.29, 0.717) is 44.4 Å². The van der Waals surface area contributed by atoms with Gasteiger partial charge in [-0.1, -0.05) is 33.8 Å². The molecule has 0 unspecified atom stereocenters. The number of methoxy groups -OCH3 is 1. The molecule has 1 aliphatic carbocycles. The van der Waals surface area contributed by atoms with Gasteiger partial charge in [0.15, 0.2) is 0 Å². The van der Waals surface area contributed by atoms with E-state index >= 15 is 0 Å². The molecule has 0 bridgehead atoms. The normalized spacial score (nSPS) is 20.2. The van der Waals surface area contributed by atoms with Gasteiger partial charge in [-0.15, -0.1) is 10.1 Å². The molecule has 1 saturated carbocycles. The lowest BCUT2D eigenvalue weighted by molar-refractivity contribution is -0.769. The van der Waals surface area contributed by atoms with E-state index in [9.17, 15) is 20.0 Å². The Morgan fingerprint density at radius 3 is 2.47 bits per heavy atom. The van der Waals surface area contributed by atoms with Crippen LogP contribution in [0, 0.1) is 33.8 Å². The second-order valence-corrected chi connectivity index (χ2v) is 13.3. The Balaban J connectivity index is 1.59. The number of carbonyl (C=O) groups is 1. The predicted molar refractivity (Wildman–Crippen MR) is 169 cm³/mol. The van der Waals surface area contributed by atoms with Crippen LogP contribution in [0.5, 0.6) is 0 Å². The molecule has 2 aromatic rings. The first-order chi connectivity index (χ1) is 20.4. The number of nitrogens with one attached hydrogen (secondary N) is 1. The van der Waals surface area contributed by atoms with Crippen molar-refractivity contribution in [3.8, 4) is 0 Å². The molecule has 1 fully saturated rings. The van der Waals surface area contributed by atoms with Crippen molar-refractivity contribution >= 4 is 16.8 Å². The highest BCUT2D eigenvalue weighted by molar-refractivity contribution is 5.84. The van der Waals surface area contributed by atoms with Crippen LogP contribution in [-0.2, 0) is 34.3 Å². The van der Waals surface area contributed by atoms with Gasteiger partial charge in [0.25, 0.3) is 5.09 Å². The minimum Gasteiger partial charge on any atom is -0.391 e. The van der Waals surface area contributed by atoms with Crippen molar-refractivity contribution in [2.45, 2.75) is 110 Å². The second-order valence-electron chi connectivity index (χ2n) is 13.3. The van der Waals surface area contributed by atoms with Crippen molar-refractivity contribution in [3.63, 3.8) is 0 Å². The predicted octanol–water partition coefficient (Wildman–Crippen LogP) is 4.95. The maximum absolute atomic E-state index is 13.3. The molecule has 1 aromatic heterocycles. The summed E-state index contributed by atoms with van der Waals surface area (Å²) in [4.78, 5) is 28.6. The zero-order valence-electron chi connectivity index (χ0n) is 27.0. The van der Waals surface area contributed by atoms with Gasteiger partial charge in [0.05, 0.1) is 6.10 Å². The van der Waals surface area contributed by atoms with Crippen LogP contribution in [0.2, 0.25) is 0 Å². The molecular formula is C33H54N4O6. The molecule has 10 nitrogen and oxygen atoms in total. The summed E-state index contributed by atoms with van der Waals surface area (Å²) in [5.41, 5.74) is 10.4. The quantitative estimate of drug-likeness (QED) is 0.132. The first-order valence-electron chi connectivity index (χ1n) is 16.0. The number of aliphatic hydroxyl groups is 1. The molecular weight excluding hydrogens is 548 g/mol. The van der Waals surface area contributed by atoms with E-state index < -0.39 is 23.3 Å². The Kier molecular flexibility index (Phi) is 13.3. The van der Waals surface area contributed by atoms with Gasteiger partial charge in [-0.05, 0) is 98.8 Å². The van der Waals surface area contributed by atoms with E-state index in [1.54, 1.807) is 7.11 Å². The van der Waals surface area contributed by atoms with Crippen molar-refractivity contribution in [1.82, 2.24) is 9.88 Å². The number of hydrogen-bond acceptors (Lipinski definition) is 7. The second kappa shape index (κ2) is 16.4. The van der Waals surface area contributed by atoms with Crippen molar-refractivity contribution < 1.29 is 24.6 Å². The number of carbonyl (C=O) groups excluding carboxylic acids is 1. The number of nitrogens with zero attached hydrogens (tertiary/aromatic N) is 2. The molecule has 0 saturated heterocycles. The molecule has 0 radical (unpaired) electrons. The molecule has 1 heterocycles. The first kappa shape index (κ1) is 34.8. The summed E-state index contributed by atoms with van der Waals surface area (Å²) >= 11 is 0. The molecule has 242 valence electrons. The van der Waals surface area contributed by atoms with Crippen LogP contribution in [0.1, 0.15) is 83.8 Å². The van der Waals surface area contributed by atoms with Crippen LogP contribution in [0.3, 0.4) is 0 Å². The van der Waals surface area contributed by atoms with Gasteiger partial charge in [0, 0.05) is 55.9 Å². The third-order valence-electron chi connectivity index (χ3n) is 9.33. The topological polar surface area (TPSA) is 142 Å². The fourth-order valence-electron chi connectivity index (χ4n) is 6.51. The fourth-order valence-corrected chi connectivity index (χ4v) is 6.51. The van der Waals surface area contributed by atoms with E-state index in [1.807, 2.05) is 13.8 Å². The van der Waals surface area contributed by atoms with Crippen LogP contribution >= 0.6 is 0 Å². The number of aryl methyl sites for hydroxylation is 2. The van der Waals surface area contributed by atoms with E-state index in [-0.39, 0.29) is 29.7 Å². The van der Waals surface area contributed by atoms with Crippen molar-refractivity contribution in [2.24, 2.45) is 36.5 Å².